The van der Waals surface area contributed by atoms with Gasteiger partial charge in [0.25, 0.3) is 5.95 Å². The van der Waals surface area contributed by atoms with Gasteiger partial charge in [0.05, 0.1) is 5.54 Å². The number of carbonyl (C=O) groups excluding carboxylic acids is 1. The standard InChI is InChI=1S/C8H14N6O/c1-2-8(4-3-5-9-8)6(15)10-7-11-13-14-12-7/h9H,2-5H2,1H3,(H2,10,11,12,13,14,15). The highest BCUT2D eigenvalue weighted by Crippen LogP contribution is 2.23. The molecule has 7 nitrogen and oxygen atoms in total. The zero-order valence-electron chi connectivity index (χ0n) is 8.58. The predicted octanol–water partition coefficient (Wildman–Crippen LogP) is -0.330. The third kappa shape index (κ3) is 1.82. The molecule has 82 valence electrons. The second-order valence-electron chi connectivity index (χ2n) is 3.66. The Morgan fingerprint density at radius 2 is 2.53 bits per heavy atom. The number of hydrogen-bond acceptors (Lipinski definition) is 5. The monoisotopic (exact) mass is 210 g/mol. The fourth-order valence-corrected chi connectivity index (χ4v) is 1.90. The van der Waals surface area contributed by atoms with Crippen LogP contribution in [0.5, 0.6) is 0 Å². The zero-order valence-corrected chi connectivity index (χ0v) is 8.58. The summed E-state index contributed by atoms with van der Waals surface area (Å²) in [6.07, 6.45) is 2.64. The van der Waals surface area contributed by atoms with E-state index >= 15 is 0 Å². The van der Waals surface area contributed by atoms with E-state index in [0.29, 0.717) is 0 Å². The van der Waals surface area contributed by atoms with Crippen molar-refractivity contribution in [2.45, 2.75) is 31.7 Å². The minimum Gasteiger partial charge on any atom is -0.303 e. The molecule has 0 aromatic carbocycles. The lowest BCUT2D eigenvalue weighted by Gasteiger charge is -2.25. The molecule has 0 aliphatic carbocycles. The molecule has 1 aromatic rings. The van der Waals surface area contributed by atoms with Gasteiger partial charge in [-0.25, -0.2) is 0 Å². The minimum absolute atomic E-state index is 0.0797. The maximum Gasteiger partial charge on any atom is 0.269 e. The van der Waals surface area contributed by atoms with Crippen LogP contribution in [0.4, 0.5) is 5.95 Å². The Morgan fingerprint density at radius 1 is 1.67 bits per heavy atom. The van der Waals surface area contributed by atoms with E-state index in [4.69, 9.17) is 0 Å². The quantitative estimate of drug-likeness (QED) is 0.635. The van der Waals surface area contributed by atoms with Crippen molar-refractivity contribution in [2.24, 2.45) is 0 Å². The lowest BCUT2D eigenvalue weighted by atomic mass is 9.93. The lowest BCUT2D eigenvalue weighted by molar-refractivity contribution is -0.122. The van der Waals surface area contributed by atoms with Gasteiger partial charge in [0.15, 0.2) is 0 Å². The molecule has 1 saturated heterocycles. The number of anilines is 1. The fourth-order valence-electron chi connectivity index (χ4n) is 1.90. The summed E-state index contributed by atoms with van der Waals surface area (Å²) in [6.45, 7) is 2.88. The van der Waals surface area contributed by atoms with E-state index in [1.165, 1.54) is 0 Å². The molecule has 1 atom stereocenters. The molecule has 1 aliphatic heterocycles. The van der Waals surface area contributed by atoms with Crippen LogP contribution >= 0.6 is 0 Å². The number of carbonyl (C=O) groups is 1. The van der Waals surface area contributed by atoms with Gasteiger partial charge < -0.3 is 5.32 Å². The smallest absolute Gasteiger partial charge is 0.269 e. The van der Waals surface area contributed by atoms with Gasteiger partial charge in [-0.1, -0.05) is 12.0 Å². The molecule has 1 unspecified atom stereocenters. The van der Waals surface area contributed by atoms with Gasteiger partial charge in [-0.3, -0.25) is 10.1 Å². The van der Waals surface area contributed by atoms with Crippen molar-refractivity contribution in [3.63, 3.8) is 0 Å². The Labute approximate surface area is 87.0 Å². The molecule has 1 amide bonds. The Kier molecular flexibility index (Phi) is 2.63. The summed E-state index contributed by atoms with van der Waals surface area (Å²) in [6, 6.07) is 0. The first-order valence-electron chi connectivity index (χ1n) is 5.07. The molecule has 1 aliphatic rings. The van der Waals surface area contributed by atoms with Crippen molar-refractivity contribution < 1.29 is 4.79 Å². The summed E-state index contributed by atoms with van der Waals surface area (Å²) in [4.78, 5) is 12.0. The van der Waals surface area contributed by atoms with Gasteiger partial charge >= 0.3 is 0 Å². The van der Waals surface area contributed by atoms with E-state index in [0.717, 1.165) is 25.8 Å². The molecule has 0 radical (unpaired) electrons. The van der Waals surface area contributed by atoms with Crippen LogP contribution < -0.4 is 10.6 Å². The van der Waals surface area contributed by atoms with Crippen LogP contribution in [0.25, 0.3) is 0 Å². The third-order valence-corrected chi connectivity index (χ3v) is 2.85. The van der Waals surface area contributed by atoms with E-state index in [-0.39, 0.29) is 11.9 Å². The van der Waals surface area contributed by atoms with Crippen molar-refractivity contribution in [1.82, 2.24) is 25.9 Å². The highest BCUT2D eigenvalue weighted by atomic mass is 16.2. The summed E-state index contributed by atoms with van der Waals surface area (Å²) in [5.41, 5.74) is -0.458. The molecule has 2 heterocycles. The van der Waals surface area contributed by atoms with Crippen molar-refractivity contribution in [3.8, 4) is 0 Å². The number of amides is 1. The van der Waals surface area contributed by atoms with Crippen LogP contribution in [0.3, 0.4) is 0 Å². The van der Waals surface area contributed by atoms with Gasteiger partial charge in [-0.15, -0.1) is 5.10 Å². The highest BCUT2D eigenvalue weighted by molar-refractivity contribution is 5.97. The Balaban J connectivity index is 2.06. The Hall–Kier alpha value is -1.50. The Bertz CT molecular complexity index is 329. The van der Waals surface area contributed by atoms with Gasteiger partial charge in [-0.05, 0) is 31.0 Å². The number of tetrazole rings is 1. The van der Waals surface area contributed by atoms with Crippen molar-refractivity contribution >= 4 is 11.9 Å². The van der Waals surface area contributed by atoms with Crippen LogP contribution in [0.1, 0.15) is 26.2 Å². The minimum atomic E-state index is -0.458. The summed E-state index contributed by atoms with van der Waals surface area (Å²) in [7, 11) is 0. The van der Waals surface area contributed by atoms with E-state index in [9.17, 15) is 4.79 Å². The van der Waals surface area contributed by atoms with Gasteiger partial charge in [0, 0.05) is 0 Å². The molecule has 0 bridgehead atoms. The average molecular weight is 210 g/mol. The number of H-pyrrole nitrogens is 1. The molecule has 15 heavy (non-hydrogen) atoms. The summed E-state index contributed by atoms with van der Waals surface area (Å²) in [5.74, 6) is 0.144. The maximum absolute atomic E-state index is 12.0. The van der Waals surface area contributed by atoms with Gasteiger partial charge in [0.2, 0.25) is 5.91 Å². The summed E-state index contributed by atoms with van der Waals surface area (Å²) >= 11 is 0. The molecule has 3 N–H and O–H groups in total. The van der Waals surface area contributed by atoms with E-state index < -0.39 is 5.54 Å². The first-order valence-corrected chi connectivity index (χ1v) is 5.07. The fraction of sp³-hybridized carbons (Fsp3) is 0.750. The number of hydrogen-bond donors (Lipinski definition) is 3. The third-order valence-electron chi connectivity index (χ3n) is 2.85. The number of aromatic nitrogens is 4. The SMILES string of the molecule is CCC1(C(=O)Nc2nn[nH]n2)CCCN1. The van der Waals surface area contributed by atoms with Crippen LogP contribution in [0.15, 0.2) is 0 Å². The van der Waals surface area contributed by atoms with E-state index in [1.54, 1.807) is 0 Å². The molecule has 0 spiro atoms. The maximum atomic E-state index is 12.0. The molecule has 2 rings (SSSR count). The summed E-state index contributed by atoms with van der Waals surface area (Å²) < 4.78 is 0. The summed E-state index contributed by atoms with van der Waals surface area (Å²) in [5, 5.41) is 18.9. The van der Waals surface area contributed by atoms with E-state index in [2.05, 4.69) is 31.3 Å². The van der Waals surface area contributed by atoms with Gasteiger partial charge in [-0.2, -0.15) is 5.21 Å². The van der Waals surface area contributed by atoms with Crippen LogP contribution in [-0.4, -0.2) is 38.6 Å². The average Bonchev–Trinajstić information content (AvgIpc) is 2.87. The zero-order chi connectivity index (χ0) is 10.7. The second kappa shape index (κ2) is 3.93. The largest absolute Gasteiger partial charge is 0.303 e. The van der Waals surface area contributed by atoms with Crippen molar-refractivity contribution in [1.29, 1.82) is 0 Å². The molecular weight excluding hydrogens is 196 g/mol. The number of aromatic amines is 1. The molecule has 1 aromatic heterocycles. The Morgan fingerprint density at radius 3 is 3.07 bits per heavy atom. The molecular formula is C8H14N6O. The highest BCUT2D eigenvalue weighted by Gasteiger charge is 2.39. The van der Waals surface area contributed by atoms with Crippen LogP contribution in [-0.2, 0) is 4.79 Å². The van der Waals surface area contributed by atoms with E-state index in [1.807, 2.05) is 6.92 Å². The van der Waals surface area contributed by atoms with Crippen molar-refractivity contribution in [3.05, 3.63) is 0 Å². The van der Waals surface area contributed by atoms with Crippen LogP contribution in [0, 0.1) is 0 Å². The second-order valence-corrected chi connectivity index (χ2v) is 3.66. The number of nitrogens with one attached hydrogen (secondary N) is 3. The topological polar surface area (TPSA) is 95.6 Å². The van der Waals surface area contributed by atoms with Crippen molar-refractivity contribution in [2.75, 3.05) is 11.9 Å². The van der Waals surface area contributed by atoms with Gasteiger partial charge in [0.1, 0.15) is 0 Å². The molecule has 7 heteroatoms. The molecule has 0 saturated carbocycles. The first-order chi connectivity index (χ1) is 7.27. The lowest BCUT2D eigenvalue weighted by Crippen LogP contribution is -2.50. The normalized spacial score (nSPS) is 25.4. The predicted molar refractivity (Wildman–Crippen MR) is 53.1 cm³/mol. The number of nitrogens with zero attached hydrogens (tertiary/aromatic N) is 3. The van der Waals surface area contributed by atoms with Crippen LogP contribution in [0.2, 0.25) is 0 Å². The first kappa shape index (κ1) is 10.0. The molecule has 1 fully saturated rings. The number of rotatable bonds is 3.